The van der Waals surface area contributed by atoms with Gasteiger partial charge in [-0.05, 0) is 18.6 Å². The lowest BCUT2D eigenvalue weighted by atomic mass is 10.2. The molecular formula is C13H19NO3. The Balaban J connectivity index is 2.73. The third-order valence-corrected chi connectivity index (χ3v) is 2.44. The molecule has 0 aliphatic heterocycles. The number of carbonyl (C=O) groups is 1. The third kappa shape index (κ3) is 3.98. The fraction of sp³-hybridized carbons (Fsp3) is 0.462. The van der Waals surface area contributed by atoms with Gasteiger partial charge in [-0.3, -0.25) is 4.79 Å². The van der Waals surface area contributed by atoms with Crippen LogP contribution in [0.2, 0.25) is 0 Å². The van der Waals surface area contributed by atoms with Crippen molar-refractivity contribution in [1.82, 2.24) is 0 Å². The van der Waals surface area contributed by atoms with Gasteiger partial charge in [0.25, 0.3) is 0 Å². The summed E-state index contributed by atoms with van der Waals surface area (Å²) in [5.41, 5.74) is 0.675. The molecular weight excluding hydrogens is 218 g/mol. The first kappa shape index (κ1) is 13.4. The number of hydrogen-bond acceptors (Lipinski definition) is 3. The molecule has 1 N–H and O–H groups in total. The lowest BCUT2D eigenvalue weighted by molar-refractivity contribution is -0.116. The maximum Gasteiger partial charge on any atom is 0.224 e. The lowest BCUT2D eigenvalue weighted by Gasteiger charge is -2.11. The van der Waals surface area contributed by atoms with Crippen molar-refractivity contribution < 1.29 is 14.3 Å². The van der Waals surface area contributed by atoms with Crippen LogP contribution in [0.25, 0.3) is 0 Å². The number of hydrogen-bond donors (Lipinski definition) is 1. The second-order valence-corrected chi connectivity index (χ2v) is 3.72. The predicted molar refractivity (Wildman–Crippen MR) is 67.7 cm³/mol. The normalized spacial score (nSPS) is 9.82. The Morgan fingerprint density at radius 1 is 1.29 bits per heavy atom. The molecule has 4 nitrogen and oxygen atoms in total. The maximum atomic E-state index is 11.6. The Bertz CT molecular complexity index is 377. The van der Waals surface area contributed by atoms with Crippen molar-refractivity contribution in [1.29, 1.82) is 0 Å². The van der Waals surface area contributed by atoms with Gasteiger partial charge in [-0.1, -0.05) is 13.3 Å². The number of amides is 1. The summed E-state index contributed by atoms with van der Waals surface area (Å²) in [6.07, 6.45) is 2.43. The number of ether oxygens (including phenoxy) is 2. The van der Waals surface area contributed by atoms with E-state index in [1.807, 2.05) is 0 Å². The molecule has 1 aromatic carbocycles. The summed E-state index contributed by atoms with van der Waals surface area (Å²) in [6, 6.07) is 5.31. The Kier molecular flexibility index (Phi) is 5.33. The second kappa shape index (κ2) is 6.78. The predicted octanol–water partition coefficient (Wildman–Crippen LogP) is 2.83. The van der Waals surface area contributed by atoms with E-state index in [-0.39, 0.29) is 5.91 Å². The maximum absolute atomic E-state index is 11.6. The van der Waals surface area contributed by atoms with Crippen LogP contribution >= 0.6 is 0 Å². The molecule has 0 fully saturated rings. The molecule has 0 spiro atoms. The van der Waals surface area contributed by atoms with E-state index in [1.54, 1.807) is 32.4 Å². The Morgan fingerprint density at radius 2 is 2.06 bits per heavy atom. The van der Waals surface area contributed by atoms with Gasteiger partial charge in [0.15, 0.2) is 0 Å². The first-order valence-electron chi connectivity index (χ1n) is 5.73. The second-order valence-electron chi connectivity index (χ2n) is 3.72. The average molecular weight is 237 g/mol. The van der Waals surface area contributed by atoms with Crippen molar-refractivity contribution in [2.24, 2.45) is 0 Å². The van der Waals surface area contributed by atoms with Gasteiger partial charge in [0.1, 0.15) is 11.5 Å². The van der Waals surface area contributed by atoms with Gasteiger partial charge in [-0.2, -0.15) is 0 Å². The molecule has 94 valence electrons. The van der Waals surface area contributed by atoms with Crippen molar-refractivity contribution in [2.75, 3.05) is 19.5 Å². The van der Waals surface area contributed by atoms with Gasteiger partial charge in [0.2, 0.25) is 5.91 Å². The van der Waals surface area contributed by atoms with Gasteiger partial charge in [-0.25, -0.2) is 0 Å². The summed E-state index contributed by atoms with van der Waals surface area (Å²) in [7, 11) is 3.16. The summed E-state index contributed by atoms with van der Waals surface area (Å²) < 4.78 is 10.3. The first-order chi connectivity index (χ1) is 8.21. The fourth-order valence-corrected chi connectivity index (χ4v) is 1.45. The highest BCUT2D eigenvalue weighted by molar-refractivity contribution is 5.92. The number of carbonyl (C=O) groups excluding carboxylic acids is 1. The largest absolute Gasteiger partial charge is 0.497 e. The summed E-state index contributed by atoms with van der Waals surface area (Å²) in [5.74, 6) is 1.32. The Labute approximate surface area is 102 Å². The summed E-state index contributed by atoms with van der Waals surface area (Å²) in [4.78, 5) is 11.6. The summed E-state index contributed by atoms with van der Waals surface area (Å²) >= 11 is 0. The van der Waals surface area contributed by atoms with E-state index in [4.69, 9.17) is 9.47 Å². The third-order valence-electron chi connectivity index (χ3n) is 2.44. The highest BCUT2D eigenvalue weighted by Crippen LogP contribution is 2.29. The van der Waals surface area contributed by atoms with Crippen LogP contribution in [-0.2, 0) is 4.79 Å². The fourth-order valence-electron chi connectivity index (χ4n) is 1.45. The highest BCUT2D eigenvalue weighted by Gasteiger charge is 2.08. The van der Waals surface area contributed by atoms with Crippen molar-refractivity contribution in [3.05, 3.63) is 18.2 Å². The molecule has 1 amide bonds. The van der Waals surface area contributed by atoms with Gasteiger partial charge < -0.3 is 14.8 Å². The summed E-state index contributed by atoms with van der Waals surface area (Å²) in [5, 5.41) is 2.83. The Morgan fingerprint density at radius 3 is 2.65 bits per heavy atom. The number of methoxy groups -OCH3 is 2. The van der Waals surface area contributed by atoms with Crippen LogP contribution in [0.3, 0.4) is 0 Å². The van der Waals surface area contributed by atoms with Gasteiger partial charge in [-0.15, -0.1) is 0 Å². The van der Waals surface area contributed by atoms with E-state index in [0.29, 0.717) is 23.6 Å². The number of rotatable bonds is 6. The molecule has 0 aromatic heterocycles. The molecule has 0 saturated carbocycles. The van der Waals surface area contributed by atoms with Crippen molar-refractivity contribution >= 4 is 11.6 Å². The van der Waals surface area contributed by atoms with E-state index >= 15 is 0 Å². The lowest BCUT2D eigenvalue weighted by Crippen LogP contribution is -2.11. The zero-order valence-electron chi connectivity index (χ0n) is 10.6. The minimum atomic E-state index is 0.00955. The van der Waals surface area contributed by atoms with E-state index in [0.717, 1.165) is 12.8 Å². The minimum absolute atomic E-state index is 0.00955. The van der Waals surface area contributed by atoms with Crippen molar-refractivity contribution in [2.45, 2.75) is 26.2 Å². The SMILES string of the molecule is CCCCC(=O)Nc1ccc(OC)cc1OC. The molecule has 0 heterocycles. The molecule has 17 heavy (non-hydrogen) atoms. The van der Waals surface area contributed by atoms with Crippen LogP contribution in [0.4, 0.5) is 5.69 Å². The zero-order chi connectivity index (χ0) is 12.7. The van der Waals surface area contributed by atoms with Crippen LogP contribution in [0.15, 0.2) is 18.2 Å². The molecule has 0 atom stereocenters. The van der Waals surface area contributed by atoms with Crippen molar-refractivity contribution in [3.63, 3.8) is 0 Å². The van der Waals surface area contributed by atoms with E-state index in [9.17, 15) is 4.79 Å². The molecule has 0 bridgehead atoms. The van der Waals surface area contributed by atoms with Gasteiger partial charge in [0, 0.05) is 12.5 Å². The molecule has 1 rings (SSSR count). The molecule has 0 aliphatic carbocycles. The standard InChI is InChI=1S/C13H19NO3/c1-4-5-6-13(15)14-11-8-7-10(16-2)9-12(11)17-3/h7-9H,4-6H2,1-3H3,(H,14,15). The molecule has 4 heteroatoms. The van der Waals surface area contributed by atoms with Crippen LogP contribution in [0, 0.1) is 0 Å². The van der Waals surface area contributed by atoms with Crippen molar-refractivity contribution in [3.8, 4) is 11.5 Å². The van der Waals surface area contributed by atoms with E-state index < -0.39 is 0 Å². The monoisotopic (exact) mass is 237 g/mol. The molecule has 0 unspecified atom stereocenters. The first-order valence-corrected chi connectivity index (χ1v) is 5.73. The number of anilines is 1. The smallest absolute Gasteiger partial charge is 0.224 e. The topological polar surface area (TPSA) is 47.6 Å². The van der Waals surface area contributed by atoms with Crippen LogP contribution < -0.4 is 14.8 Å². The van der Waals surface area contributed by atoms with Gasteiger partial charge in [0.05, 0.1) is 19.9 Å². The zero-order valence-corrected chi connectivity index (χ0v) is 10.6. The van der Waals surface area contributed by atoms with E-state index in [2.05, 4.69) is 12.2 Å². The number of unbranched alkanes of at least 4 members (excludes halogenated alkanes) is 1. The van der Waals surface area contributed by atoms with Crippen LogP contribution in [0.5, 0.6) is 11.5 Å². The molecule has 0 radical (unpaired) electrons. The molecule has 0 saturated heterocycles. The number of nitrogens with one attached hydrogen (secondary N) is 1. The van der Waals surface area contributed by atoms with Gasteiger partial charge >= 0.3 is 0 Å². The quantitative estimate of drug-likeness (QED) is 0.827. The highest BCUT2D eigenvalue weighted by atomic mass is 16.5. The van der Waals surface area contributed by atoms with Crippen LogP contribution in [-0.4, -0.2) is 20.1 Å². The van der Waals surface area contributed by atoms with E-state index in [1.165, 1.54) is 0 Å². The van der Waals surface area contributed by atoms with Crippen LogP contribution in [0.1, 0.15) is 26.2 Å². The summed E-state index contributed by atoms with van der Waals surface area (Å²) in [6.45, 7) is 2.06. The minimum Gasteiger partial charge on any atom is -0.497 e. The molecule has 0 aliphatic rings. The molecule has 1 aromatic rings. The number of benzene rings is 1. The Hall–Kier alpha value is -1.71. The average Bonchev–Trinajstić information content (AvgIpc) is 2.36.